The summed E-state index contributed by atoms with van der Waals surface area (Å²) in [7, 11) is 1.69. The normalized spacial score (nSPS) is 19.9. The van der Waals surface area contributed by atoms with Crippen molar-refractivity contribution in [2.45, 2.75) is 25.5 Å². The SMILES string of the molecule is COC1CCCN(C(=O)c2ccc(CN)cn2)C1. The second-order valence-corrected chi connectivity index (χ2v) is 4.51. The first-order valence-electron chi connectivity index (χ1n) is 6.21. The molecule has 2 heterocycles. The Morgan fingerprint density at radius 2 is 2.44 bits per heavy atom. The number of rotatable bonds is 3. The first kappa shape index (κ1) is 13.0. The van der Waals surface area contributed by atoms with Crippen LogP contribution in [-0.2, 0) is 11.3 Å². The fourth-order valence-electron chi connectivity index (χ4n) is 2.15. The van der Waals surface area contributed by atoms with E-state index in [4.69, 9.17) is 10.5 Å². The molecule has 0 aromatic carbocycles. The molecule has 5 heteroatoms. The Balaban J connectivity index is 2.05. The number of amides is 1. The van der Waals surface area contributed by atoms with E-state index in [2.05, 4.69) is 4.98 Å². The van der Waals surface area contributed by atoms with Crippen molar-refractivity contribution in [3.05, 3.63) is 29.6 Å². The summed E-state index contributed by atoms with van der Waals surface area (Å²) in [5.74, 6) is -0.0275. The third kappa shape index (κ3) is 2.86. The van der Waals surface area contributed by atoms with E-state index in [1.807, 2.05) is 11.0 Å². The van der Waals surface area contributed by atoms with Gasteiger partial charge in [0.25, 0.3) is 5.91 Å². The van der Waals surface area contributed by atoms with Crippen molar-refractivity contribution in [2.75, 3.05) is 20.2 Å². The molecule has 1 saturated heterocycles. The van der Waals surface area contributed by atoms with Crippen molar-refractivity contribution in [3.8, 4) is 0 Å². The maximum absolute atomic E-state index is 12.2. The smallest absolute Gasteiger partial charge is 0.272 e. The first-order chi connectivity index (χ1) is 8.74. The van der Waals surface area contributed by atoms with Crippen molar-refractivity contribution in [3.63, 3.8) is 0 Å². The standard InChI is InChI=1S/C13H19N3O2/c1-18-11-3-2-6-16(9-11)13(17)12-5-4-10(7-14)8-15-12/h4-5,8,11H,2-3,6-7,9,14H2,1H3. The Morgan fingerprint density at radius 3 is 3.06 bits per heavy atom. The molecule has 1 aromatic rings. The van der Waals surface area contributed by atoms with Gasteiger partial charge in [-0.25, -0.2) is 0 Å². The minimum Gasteiger partial charge on any atom is -0.380 e. The van der Waals surface area contributed by atoms with Crippen LogP contribution in [0.4, 0.5) is 0 Å². The number of nitrogens with two attached hydrogens (primary N) is 1. The van der Waals surface area contributed by atoms with Gasteiger partial charge in [0.15, 0.2) is 0 Å². The van der Waals surface area contributed by atoms with Crippen LogP contribution in [0.1, 0.15) is 28.9 Å². The Hall–Kier alpha value is -1.46. The van der Waals surface area contributed by atoms with E-state index in [1.165, 1.54) is 0 Å². The molecule has 0 saturated carbocycles. The largest absolute Gasteiger partial charge is 0.380 e. The van der Waals surface area contributed by atoms with Gasteiger partial charge in [0.2, 0.25) is 0 Å². The molecular weight excluding hydrogens is 230 g/mol. The highest BCUT2D eigenvalue weighted by atomic mass is 16.5. The Kier molecular flexibility index (Phi) is 4.28. The summed E-state index contributed by atoms with van der Waals surface area (Å²) in [6.45, 7) is 1.87. The summed E-state index contributed by atoms with van der Waals surface area (Å²) >= 11 is 0. The lowest BCUT2D eigenvalue weighted by Gasteiger charge is -2.31. The average Bonchev–Trinajstić information content (AvgIpc) is 2.46. The lowest BCUT2D eigenvalue weighted by Crippen LogP contribution is -2.43. The number of likely N-dealkylation sites (tertiary alicyclic amines) is 1. The van der Waals surface area contributed by atoms with Crippen LogP contribution < -0.4 is 5.73 Å². The average molecular weight is 249 g/mol. The van der Waals surface area contributed by atoms with Gasteiger partial charge in [-0.1, -0.05) is 6.07 Å². The molecule has 0 aliphatic carbocycles. The van der Waals surface area contributed by atoms with E-state index < -0.39 is 0 Å². The Bertz CT molecular complexity index is 405. The molecular formula is C13H19N3O2. The van der Waals surface area contributed by atoms with Gasteiger partial charge in [0.1, 0.15) is 5.69 Å². The molecule has 1 fully saturated rings. The lowest BCUT2D eigenvalue weighted by molar-refractivity contribution is 0.0265. The molecule has 1 atom stereocenters. The number of piperidine rings is 1. The second-order valence-electron chi connectivity index (χ2n) is 4.51. The number of ether oxygens (including phenoxy) is 1. The molecule has 1 aromatic heterocycles. The monoisotopic (exact) mass is 249 g/mol. The highest BCUT2D eigenvalue weighted by Gasteiger charge is 2.24. The molecule has 0 radical (unpaired) electrons. The summed E-state index contributed by atoms with van der Waals surface area (Å²) < 4.78 is 5.31. The van der Waals surface area contributed by atoms with Crippen LogP contribution in [-0.4, -0.2) is 42.1 Å². The highest BCUT2D eigenvalue weighted by Crippen LogP contribution is 2.15. The van der Waals surface area contributed by atoms with Gasteiger partial charge >= 0.3 is 0 Å². The van der Waals surface area contributed by atoms with Gasteiger partial charge in [-0.05, 0) is 24.5 Å². The van der Waals surface area contributed by atoms with Crippen LogP contribution in [0, 0.1) is 0 Å². The van der Waals surface area contributed by atoms with Crippen LogP contribution in [0.2, 0.25) is 0 Å². The van der Waals surface area contributed by atoms with Gasteiger partial charge in [-0.15, -0.1) is 0 Å². The molecule has 1 aliphatic heterocycles. The number of carbonyl (C=O) groups excluding carboxylic acids is 1. The van der Waals surface area contributed by atoms with Crippen molar-refractivity contribution in [1.29, 1.82) is 0 Å². The van der Waals surface area contributed by atoms with Crippen LogP contribution in [0.15, 0.2) is 18.3 Å². The highest BCUT2D eigenvalue weighted by molar-refractivity contribution is 5.92. The summed E-state index contributed by atoms with van der Waals surface area (Å²) in [5.41, 5.74) is 6.91. The second kappa shape index (κ2) is 5.93. The molecule has 2 N–H and O–H groups in total. The number of aromatic nitrogens is 1. The lowest BCUT2D eigenvalue weighted by atomic mass is 10.1. The van der Waals surface area contributed by atoms with Gasteiger partial charge < -0.3 is 15.4 Å². The van der Waals surface area contributed by atoms with Gasteiger partial charge in [0.05, 0.1) is 6.10 Å². The van der Waals surface area contributed by atoms with E-state index in [-0.39, 0.29) is 12.0 Å². The minimum atomic E-state index is -0.0275. The zero-order chi connectivity index (χ0) is 13.0. The molecule has 5 nitrogen and oxygen atoms in total. The van der Waals surface area contributed by atoms with E-state index in [0.717, 1.165) is 24.9 Å². The van der Waals surface area contributed by atoms with E-state index in [1.54, 1.807) is 19.4 Å². The molecule has 0 bridgehead atoms. The first-order valence-corrected chi connectivity index (χ1v) is 6.21. The van der Waals surface area contributed by atoms with Crippen molar-refractivity contribution < 1.29 is 9.53 Å². The van der Waals surface area contributed by atoms with Gasteiger partial charge in [0, 0.05) is 32.9 Å². The van der Waals surface area contributed by atoms with Gasteiger partial charge in [-0.2, -0.15) is 0 Å². The molecule has 2 rings (SSSR count). The topological polar surface area (TPSA) is 68.5 Å². The minimum absolute atomic E-state index is 0.0275. The maximum Gasteiger partial charge on any atom is 0.272 e. The Labute approximate surface area is 107 Å². The quantitative estimate of drug-likeness (QED) is 0.860. The number of methoxy groups -OCH3 is 1. The number of nitrogens with zero attached hydrogens (tertiary/aromatic N) is 2. The van der Waals surface area contributed by atoms with E-state index >= 15 is 0 Å². The molecule has 98 valence electrons. The predicted octanol–water partition coefficient (Wildman–Crippen LogP) is 0.791. The van der Waals surface area contributed by atoms with Crippen LogP contribution >= 0.6 is 0 Å². The summed E-state index contributed by atoms with van der Waals surface area (Å²) in [6.07, 6.45) is 3.79. The van der Waals surface area contributed by atoms with Crippen LogP contribution in [0.5, 0.6) is 0 Å². The fraction of sp³-hybridized carbons (Fsp3) is 0.538. The molecule has 1 aliphatic rings. The summed E-state index contributed by atoms with van der Waals surface area (Å²) in [6, 6.07) is 3.58. The predicted molar refractivity (Wildman–Crippen MR) is 68.1 cm³/mol. The van der Waals surface area contributed by atoms with Crippen molar-refractivity contribution >= 4 is 5.91 Å². The molecule has 0 spiro atoms. The molecule has 1 amide bonds. The van der Waals surface area contributed by atoms with Crippen molar-refractivity contribution in [2.24, 2.45) is 5.73 Å². The third-order valence-electron chi connectivity index (χ3n) is 3.28. The zero-order valence-electron chi connectivity index (χ0n) is 10.6. The number of carbonyl (C=O) groups is 1. The third-order valence-corrected chi connectivity index (χ3v) is 3.28. The Morgan fingerprint density at radius 1 is 1.61 bits per heavy atom. The maximum atomic E-state index is 12.2. The van der Waals surface area contributed by atoms with Crippen LogP contribution in [0.3, 0.4) is 0 Å². The van der Waals surface area contributed by atoms with E-state index in [0.29, 0.717) is 18.8 Å². The van der Waals surface area contributed by atoms with E-state index in [9.17, 15) is 4.79 Å². The molecule has 1 unspecified atom stereocenters. The number of pyridine rings is 1. The van der Waals surface area contributed by atoms with Crippen LogP contribution in [0.25, 0.3) is 0 Å². The number of hydrogen-bond donors (Lipinski definition) is 1. The summed E-state index contributed by atoms with van der Waals surface area (Å²) in [4.78, 5) is 18.2. The van der Waals surface area contributed by atoms with Crippen molar-refractivity contribution in [1.82, 2.24) is 9.88 Å². The number of hydrogen-bond acceptors (Lipinski definition) is 4. The molecule has 18 heavy (non-hydrogen) atoms. The summed E-state index contributed by atoms with van der Waals surface area (Å²) in [5, 5.41) is 0. The van der Waals surface area contributed by atoms with Gasteiger partial charge in [-0.3, -0.25) is 9.78 Å². The fourth-order valence-corrected chi connectivity index (χ4v) is 2.15. The zero-order valence-corrected chi connectivity index (χ0v) is 10.6.